The van der Waals surface area contributed by atoms with E-state index in [1.807, 2.05) is 0 Å². The van der Waals surface area contributed by atoms with Gasteiger partial charge in [-0.1, -0.05) is 23.7 Å². The Bertz CT molecular complexity index is 586. The summed E-state index contributed by atoms with van der Waals surface area (Å²) in [5.41, 5.74) is 0.205. The number of ether oxygens (including phenoxy) is 1. The largest absolute Gasteiger partial charge is 0.465 e. The molecule has 1 aromatic rings. The van der Waals surface area contributed by atoms with Gasteiger partial charge in [-0.15, -0.1) is 0 Å². The third kappa shape index (κ3) is 5.30. The SMILES string of the molecule is COC(CCCC(O)c1cccc(Cl)c1F)C1CCCN(C(=O)O)C1. The summed E-state index contributed by atoms with van der Waals surface area (Å²) in [6, 6.07) is 4.60. The number of carboxylic acid groups (broad SMARTS) is 1. The summed E-state index contributed by atoms with van der Waals surface area (Å²) in [6.45, 7) is 1.04. The minimum absolute atomic E-state index is 0.00212. The van der Waals surface area contributed by atoms with Crippen LogP contribution in [-0.4, -0.2) is 47.5 Å². The molecule has 2 rings (SSSR count). The van der Waals surface area contributed by atoms with E-state index in [4.69, 9.17) is 21.4 Å². The fourth-order valence-corrected chi connectivity index (χ4v) is 3.66. The van der Waals surface area contributed by atoms with Crippen molar-refractivity contribution in [2.75, 3.05) is 20.2 Å². The molecule has 1 aliphatic rings. The normalized spacial score (nSPS) is 20.3. The van der Waals surface area contributed by atoms with Gasteiger partial charge in [0.15, 0.2) is 0 Å². The average Bonchev–Trinajstić information content (AvgIpc) is 2.61. The first-order chi connectivity index (χ1) is 11.9. The molecule has 0 radical (unpaired) electrons. The maximum atomic E-state index is 13.9. The van der Waals surface area contributed by atoms with Gasteiger partial charge in [-0.05, 0) is 38.2 Å². The molecule has 7 heteroatoms. The van der Waals surface area contributed by atoms with Gasteiger partial charge in [0, 0.05) is 31.7 Å². The summed E-state index contributed by atoms with van der Waals surface area (Å²) >= 11 is 5.75. The number of hydrogen-bond acceptors (Lipinski definition) is 3. The average molecular weight is 374 g/mol. The van der Waals surface area contributed by atoms with Crippen molar-refractivity contribution in [3.8, 4) is 0 Å². The molecule has 5 nitrogen and oxygen atoms in total. The first-order valence-electron chi connectivity index (χ1n) is 8.56. The van der Waals surface area contributed by atoms with E-state index in [1.54, 1.807) is 13.2 Å². The molecule has 0 bridgehead atoms. The summed E-state index contributed by atoms with van der Waals surface area (Å²) in [4.78, 5) is 12.6. The third-order valence-electron chi connectivity index (χ3n) is 4.86. The lowest BCUT2D eigenvalue weighted by atomic mass is 9.89. The van der Waals surface area contributed by atoms with Crippen molar-refractivity contribution in [2.45, 2.75) is 44.3 Å². The van der Waals surface area contributed by atoms with E-state index in [0.29, 0.717) is 32.4 Å². The molecule has 3 unspecified atom stereocenters. The van der Waals surface area contributed by atoms with Crippen LogP contribution in [0, 0.1) is 11.7 Å². The predicted molar refractivity (Wildman–Crippen MR) is 93.3 cm³/mol. The van der Waals surface area contributed by atoms with Gasteiger partial charge in [-0.25, -0.2) is 9.18 Å². The van der Waals surface area contributed by atoms with Crippen LogP contribution in [0.15, 0.2) is 18.2 Å². The fourth-order valence-electron chi connectivity index (χ4n) is 3.48. The molecule has 140 valence electrons. The smallest absolute Gasteiger partial charge is 0.407 e. The van der Waals surface area contributed by atoms with Crippen molar-refractivity contribution in [1.29, 1.82) is 0 Å². The van der Waals surface area contributed by atoms with Crippen LogP contribution in [0.25, 0.3) is 0 Å². The zero-order valence-corrected chi connectivity index (χ0v) is 15.1. The van der Waals surface area contributed by atoms with Gasteiger partial charge < -0.3 is 19.8 Å². The van der Waals surface area contributed by atoms with Gasteiger partial charge in [-0.3, -0.25) is 0 Å². The van der Waals surface area contributed by atoms with Crippen LogP contribution in [-0.2, 0) is 4.74 Å². The lowest BCUT2D eigenvalue weighted by Gasteiger charge is -2.35. The highest BCUT2D eigenvalue weighted by molar-refractivity contribution is 6.30. The zero-order chi connectivity index (χ0) is 18.4. The molecule has 0 spiro atoms. The van der Waals surface area contributed by atoms with Crippen LogP contribution >= 0.6 is 11.6 Å². The van der Waals surface area contributed by atoms with Crippen LogP contribution in [0.5, 0.6) is 0 Å². The van der Waals surface area contributed by atoms with Gasteiger partial charge in [0.25, 0.3) is 0 Å². The molecule has 0 aromatic heterocycles. The van der Waals surface area contributed by atoms with E-state index in [-0.39, 0.29) is 22.6 Å². The molecule has 2 N–H and O–H groups in total. The fraction of sp³-hybridized carbons (Fsp3) is 0.611. The third-order valence-corrected chi connectivity index (χ3v) is 5.16. The van der Waals surface area contributed by atoms with Gasteiger partial charge >= 0.3 is 6.09 Å². The Morgan fingerprint density at radius 2 is 2.24 bits per heavy atom. The molecule has 1 heterocycles. The van der Waals surface area contributed by atoms with Crippen molar-refractivity contribution in [3.05, 3.63) is 34.6 Å². The molecule has 1 fully saturated rings. The number of nitrogens with zero attached hydrogens (tertiary/aromatic N) is 1. The number of piperidine rings is 1. The molecular formula is C18H25ClFNO4. The van der Waals surface area contributed by atoms with Crippen LogP contribution < -0.4 is 0 Å². The Kier molecular flexibility index (Phi) is 7.47. The van der Waals surface area contributed by atoms with Gasteiger partial charge in [0.1, 0.15) is 5.82 Å². The number of halogens is 2. The van der Waals surface area contributed by atoms with Crippen molar-refractivity contribution in [2.24, 2.45) is 5.92 Å². The van der Waals surface area contributed by atoms with E-state index in [1.165, 1.54) is 17.0 Å². The Labute approximate surface area is 152 Å². The van der Waals surface area contributed by atoms with E-state index in [0.717, 1.165) is 12.8 Å². The second-order valence-electron chi connectivity index (χ2n) is 6.49. The second-order valence-corrected chi connectivity index (χ2v) is 6.90. The molecular weight excluding hydrogens is 349 g/mol. The molecule has 1 saturated heterocycles. The molecule has 3 atom stereocenters. The minimum Gasteiger partial charge on any atom is -0.465 e. The maximum absolute atomic E-state index is 13.9. The van der Waals surface area contributed by atoms with Crippen molar-refractivity contribution in [3.63, 3.8) is 0 Å². The number of methoxy groups -OCH3 is 1. The monoisotopic (exact) mass is 373 g/mol. The number of rotatable bonds is 7. The number of aliphatic hydroxyl groups excluding tert-OH is 1. The van der Waals surface area contributed by atoms with E-state index >= 15 is 0 Å². The minimum atomic E-state index is -0.918. The van der Waals surface area contributed by atoms with Crippen LogP contribution in [0.3, 0.4) is 0 Å². The Hall–Kier alpha value is -1.37. The standard InChI is InChI=1S/C18H25ClFNO4/c1-25-16(12-5-4-10-21(11-12)18(23)24)9-3-8-15(22)13-6-2-7-14(19)17(13)20/h2,6-7,12,15-16,22H,3-5,8-11H2,1H3,(H,23,24). The number of hydrogen-bond donors (Lipinski definition) is 2. The topological polar surface area (TPSA) is 70.0 Å². The molecule has 1 aliphatic heterocycles. The molecule has 0 aliphatic carbocycles. The number of benzene rings is 1. The molecule has 1 amide bonds. The number of aliphatic hydroxyl groups is 1. The first-order valence-corrected chi connectivity index (χ1v) is 8.94. The summed E-state index contributed by atoms with van der Waals surface area (Å²) in [7, 11) is 1.62. The van der Waals surface area contributed by atoms with Crippen molar-refractivity contribution in [1.82, 2.24) is 4.90 Å². The lowest BCUT2D eigenvalue weighted by molar-refractivity contribution is 0.00953. The summed E-state index contributed by atoms with van der Waals surface area (Å²) in [5.74, 6) is -0.431. The quantitative estimate of drug-likeness (QED) is 0.755. The Morgan fingerprint density at radius 1 is 1.48 bits per heavy atom. The molecule has 25 heavy (non-hydrogen) atoms. The van der Waals surface area contributed by atoms with E-state index in [2.05, 4.69) is 0 Å². The maximum Gasteiger partial charge on any atom is 0.407 e. The van der Waals surface area contributed by atoms with Crippen LogP contribution in [0.4, 0.5) is 9.18 Å². The van der Waals surface area contributed by atoms with Crippen molar-refractivity contribution >= 4 is 17.7 Å². The van der Waals surface area contributed by atoms with Gasteiger partial charge in [0.2, 0.25) is 0 Å². The van der Waals surface area contributed by atoms with Crippen molar-refractivity contribution < 1.29 is 24.1 Å². The summed E-state index contributed by atoms with van der Waals surface area (Å²) < 4.78 is 19.5. The number of carbonyl (C=O) groups is 1. The summed E-state index contributed by atoms with van der Waals surface area (Å²) in [5, 5.41) is 19.4. The second kappa shape index (κ2) is 9.36. The highest BCUT2D eigenvalue weighted by Crippen LogP contribution is 2.29. The van der Waals surface area contributed by atoms with E-state index in [9.17, 15) is 14.3 Å². The highest BCUT2D eigenvalue weighted by Gasteiger charge is 2.29. The van der Waals surface area contributed by atoms with Gasteiger partial charge in [-0.2, -0.15) is 0 Å². The lowest BCUT2D eigenvalue weighted by Crippen LogP contribution is -2.43. The molecule has 0 saturated carbocycles. The predicted octanol–water partition coefficient (Wildman–Crippen LogP) is 4.09. The first kappa shape index (κ1) is 19.9. The van der Waals surface area contributed by atoms with Crippen LogP contribution in [0.2, 0.25) is 5.02 Å². The Morgan fingerprint density at radius 3 is 2.92 bits per heavy atom. The van der Waals surface area contributed by atoms with Gasteiger partial charge in [0.05, 0.1) is 17.2 Å². The highest BCUT2D eigenvalue weighted by atomic mass is 35.5. The number of amides is 1. The Balaban J connectivity index is 1.86. The molecule has 1 aromatic carbocycles. The van der Waals surface area contributed by atoms with E-state index < -0.39 is 18.0 Å². The van der Waals surface area contributed by atoms with Crippen LogP contribution in [0.1, 0.15) is 43.8 Å². The number of likely N-dealkylation sites (tertiary alicyclic amines) is 1. The summed E-state index contributed by atoms with van der Waals surface area (Å²) in [6.07, 6.45) is 1.60. The zero-order valence-electron chi connectivity index (χ0n) is 14.3.